The van der Waals surface area contributed by atoms with Crippen molar-refractivity contribution < 1.29 is 4.79 Å². The highest BCUT2D eigenvalue weighted by Gasteiger charge is 2.40. The van der Waals surface area contributed by atoms with Crippen LogP contribution in [0.25, 0.3) is 22.4 Å². The zero-order valence-corrected chi connectivity index (χ0v) is 18.6. The Morgan fingerprint density at radius 3 is 2.31 bits per heavy atom. The standard InChI is InChI=1S/C27H28N4O/c1-19(2)27(22-11-7-4-8-12-22)13-15-31(16-14-27)26(32)23-17-21-18-28-24(30-25(21)29-23)20-9-5-3-6-10-20/h3-12,17-19H,13-16H2,1-2H3,(H,28,29,30). The van der Waals surface area contributed by atoms with Gasteiger partial charge in [0.05, 0.1) is 0 Å². The van der Waals surface area contributed by atoms with Crippen LogP contribution in [0.3, 0.4) is 0 Å². The number of likely N-dealkylation sites (tertiary alicyclic amines) is 1. The molecule has 1 N–H and O–H groups in total. The summed E-state index contributed by atoms with van der Waals surface area (Å²) >= 11 is 0. The molecule has 1 amide bonds. The smallest absolute Gasteiger partial charge is 0.270 e. The molecule has 3 heterocycles. The quantitative estimate of drug-likeness (QED) is 0.473. The molecule has 32 heavy (non-hydrogen) atoms. The van der Waals surface area contributed by atoms with Crippen LogP contribution in [0, 0.1) is 5.92 Å². The number of hydrogen-bond donors (Lipinski definition) is 1. The first-order valence-electron chi connectivity index (χ1n) is 11.3. The molecular formula is C27H28N4O. The SMILES string of the molecule is CC(C)C1(c2ccccc2)CCN(C(=O)c2cc3cnc(-c4ccccc4)nc3[nH]2)CC1. The lowest BCUT2D eigenvalue weighted by atomic mass is 9.65. The van der Waals surface area contributed by atoms with Gasteiger partial charge >= 0.3 is 0 Å². The van der Waals surface area contributed by atoms with Gasteiger partial charge < -0.3 is 9.88 Å². The number of aromatic amines is 1. The third-order valence-corrected chi connectivity index (χ3v) is 7.03. The zero-order valence-electron chi connectivity index (χ0n) is 18.6. The van der Waals surface area contributed by atoms with E-state index in [0.717, 1.165) is 36.9 Å². The van der Waals surface area contributed by atoms with Crippen molar-refractivity contribution in [2.75, 3.05) is 13.1 Å². The number of H-pyrrole nitrogens is 1. The number of carbonyl (C=O) groups excluding carboxylic acids is 1. The van der Waals surface area contributed by atoms with E-state index in [-0.39, 0.29) is 11.3 Å². The predicted molar refractivity (Wildman–Crippen MR) is 127 cm³/mol. The highest BCUT2D eigenvalue weighted by Crippen LogP contribution is 2.42. The topological polar surface area (TPSA) is 61.9 Å². The highest BCUT2D eigenvalue weighted by molar-refractivity contribution is 5.97. The number of benzene rings is 2. The Hall–Kier alpha value is -3.47. The number of piperidine rings is 1. The Balaban J connectivity index is 1.36. The second kappa shape index (κ2) is 8.23. The maximum absolute atomic E-state index is 13.3. The van der Waals surface area contributed by atoms with E-state index in [4.69, 9.17) is 0 Å². The third kappa shape index (κ3) is 3.58. The summed E-state index contributed by atoms with van der Waals surface area (Å²) in [6.45, 7) is 6.10. The van der Waals surface area contributed by atoms with E-state index >= 15 is 0 Å². The van der Waals surface area contributed by atoms with Gasteiger partial charge in [0, 0.05) is 35.7 Å². The van der Waals surface area contributed by atoms with Crippen molar-refractivity contribution in [3.63, 3.8) is 0 Å². The number of hydrogen-bond acceptors (Lipinski definition) is 3. The van der Waals surface area contributed by atoms with Gasteiger partial charge in [-0.15, -0.1) is 0 Å². The van der Waals surface area contributed by atoms with Gasteiger partial charge in [0.25, 0.3) is 5.91 Å². The van der Waals surface area contributed by atoms with Crippen LogP contribution in [0.4, 0.5) is 0 Å². The van der Waals surface area contributed by atoms with E-state index in [0.29, 0.717) is 23.1 Å². The lowest BCUT2D eigenvalue weighted by Gasteiger charge is -2.45. The number of rotatable bonds is 4. The van der Waals surface area contributed by atoms with Crippen molar-refractivity contribution in [1.82, 2.24) is 19.9 Å². The number of carbonyl (C=O) groups is 1. The second-order valence-corrected chi connectivity index (χ2v) is 9.02. The van der Waals surface area contributed by atoms with Crippen molar-refractivity contribution in [2.45, 2.75) is 32.1 Å². The van der Waals surface area contributed by atoms with Crippen LogP contribution in [0.1, 0.15) is 42.7 Å². The van der Waals surface area contributed by atoms with Crippen LogP contribution in [-0.4, -0.2) is 38.8 Å². The van der Waals surface area contributed by atoms with Crippen molar-refractivity contribution in [1.29, 1.82) is 0 Å². The minimum atomic E-state index is 0.0367. The van der Waals surface area contributed by atoms with Crippen molar-refractivity contribution in [3.8, 4) is 11.4 Å². The zero-order chi connectivity index (χ0) is 22.1. The van der Waals surface area contributed by atoms with Gasteiger partial charge in [0.1, 0.15) is 11.3 Å². The summed E-state index contributed by atoms with van der Waals surface area (Å²) in [6.07, 6.45) is 3.73. The van der Waals surface area contributed by atoms with Gasteiger partial charge in [0.2, 0.25) is 0 Å². The first-order valence-corrected chi connectivity index (χ1v) is 11.3. The first-order chi connectivity index (χ1) is 15.6. The minimum Gasteiger partial charge on any atom is -0.337 e. The molecule has 1 aliphatic heterocycles. The number of nitrogens with zero attached hydrogens (tertiary/aromatic N) is 3. The second-order valence-electron chi connectivity index (χ2n) is 9.02. The molecule has 2 aromatic carbocycles. The minimum absolute atomic E-state index is 0.0367. The summed E-state index contributed by atoms with van der Waals surface area (Å²) < 4.78 is 0. The van der Waals surface area contributed by atoms with Crippen LogP contribution < -0.4 is 0 Å². The van der Waals surface area contributed by atoms with E-state index in [1.54, 1.807) is 6.20 Å². The Kier molecular flexibility index (Phi) is 5.25. The van der Waals surface area contributed by atoms with Crippen LogP contribution in [0.15, 0.2) is 72.9 Å². The highest BCUT2D eigenvalue weighted by atomic mass is 16.2. The molecule has 1 aliphatic rings. The molecule has 0 atom stereocenters. The summed E-state index contributed by atoms with van der Waals surface area (Å²) in [5.41, 5.74) is 3.74. The van der Waals surface area contributed by atoms with Crippen LogP contribution in [0.5, 0.6) is 0 Å². The molecule has 1 saturated heterocycles. The summed E-state index contributed by atoms with van der Waals surface area (Å²) in [5.74, 6) is 1.21. The van der Waals surface area contributed by atoms with Crippen LogP contribution in [-0.2, 0) is 5.41 Å². The van der Waals surface area contributed by atoms with Gasteiger partial charge in [-0.05, 0) is 30.4 Å². The molecule has 5 rings (SSSR count). The number of fused-ring (bicyclic) bond motifs is 1. The van der Waals surface area contributed by atoms with Gasteiger partial charge in [-0.2, -0.15) is 0 Å². The van der Waals surface area contributed by atoms with Gasteiger partial charge in [-0.25, -0.2) is 9.97 Å². The van der Waals surface area contributed by atoms with E-state index in [1.807, 2.05) is 41.3 Å². The average molecular weight is 425 g/mol. The Morgan fingerprint density at radius 1 is 1.00 bits per heavy atom. The Morgan fingerprint density at radius 2 is 1.66 bits per heavy atom. The molecule has 0 bridgehead atoms. The van der Waals surface area contributed by atoms with E-state index in [9.17, 15) is 4.79 Å². The molecule has 4 aromatic rings. The summed E-state index contributed by atoms with van der Waals surface area (Å²) in [4.78, 5) is 27.6. The summed E-state index contributed by atoms with van der Waals surface area (Å²) in [6, 6.07) is 22.5. The Labute approximate surface area is 188 Å². The largest absolute Gasteiger partial charge is 0.337 e. The third-order valence-electron chi connectivity index (χ3n) is 7.03. The molecule has 0 unspecified atom stereocenters. The molecule has 5 nitrogen and oxygen atoms in total. The number of amides is 1. The van der Waals surface area contributed by atoms with E-state index in [2.05, 4.69) is 59.1 Å². The Bertz CT molecular complexity index is 1220. The average Bonchev–Trinajstić information content (AvgIpc) is 3.28. The van der Waals surface area contributed by atoms with Gasteiger partial charge in [-0.1, -0.05) is 74.5 Å². The molecule has 2 aromatic heterocycles. The normalized spacial score (nSPS) is 15.9. The van der Waals surface area contributed by atoms with Crippen molar-refractivity contribution in [2.24, 2.45) is 5.92 Å². The van der Waals surface area contributed by atoms with Crippen molar-refractivity contribution >= 4 is 16.9 Å². The van der Waals surface area contributed by atoms with Crippen LogP contribution >= 0.6 is 0 Å². The maximum atomic E-state index is 13.3. The molecular weight excluding hydrogens is 396 g/mol. The fourth-order valence-electron chi connectivity index (χ4n) is 5.01. The lowest BCUT2D eigenvalue weighted by molar-refractivity contribution is 0.0619. The van der Waals surface area contributed by atoms with E-state index in [1.165, 1.54) is 5.56 Å². The van der Waals surface area contributed by atoms with Gasteiger partial charge in [0.15, 0.2) is 5.82 Å². The fraction of sp³-hybridized carbons (Fsp3) is 0.296. The number of aromatic nitrogens is 3. The summed E-state index contributed by atoms with van der Waals surface area (Å²) in [5, 5.41) is 0.853. The van der Waals surface area contributed by atoms with E-state index < -0.39 is 0 Å². The van der Waals surface area contributed by atoms with Crippen molar-refractivity contribution in [3.05, 3.63) is 84.2 Å². The summed E-state index contributed by atoms with van der Waals surface area (Å²) in [7, 11) is 0. The molecule has 1 fully saturated rings. The molecule has 5 heteroatoms. The fourth-order valence-corrected chi connectivity index (χ4v) is 5.01. The molecule has 0 radical (unpaired) electrons. The predicted octanol–water partition coefficient (Wildman–Crippen LogP) is 5.45. The maximum Gasteiger partial charge on any atom is 0.270 e. The lowest BCUT2D eigenvalue weighted by Crippen LogP contribution is -2.47. The molecule has 162 valence electrons. The molecule has 0 saturated carbocycles. The first kappa shape index (κ1) is 20.4. The van der Waals surface area contributed by atoms with Crippen LogP contribution in [0.2, 0.25) is 0 Å². The number of nitrogens with one attached hydrogen (secondary N) is 1. The molecule has 0 aliphatic carbocycles. The van der Waals surface area contributed by atoms with Gasteiger partial charge in [-0.3, -0.25) is 4.79 Å². The molecule has 0 spiro atoms. The monoisotopic (exact) mass is 424 g/mol.